The molecule has 23 heavy (non-hydrogen) atoms. The number of nitrogens with one attached hydrogen (secondary N) is 1. The Hall–Kier alpha value is -2.02. The van der Waals surface area contributed by atoms with Crippen molar-refractivity contribution in [2.45, 2.75) is 19.6 Å². The van der Waals surface area contributed by atoms with Crippen LogP contribution in [-0.2, 0) is 11.3 Å². The number of nitrogens with zero attached hydrogens (tertiary/aromatic N) is 1. The van der Waals surface area contributed by atoms with Crippen molar-refractivity contribution in [3.05, 3.63) is 40.9 Å². The second-order valence-corrected chi connectivity index (χ2v) is 6.01. The highest BCUT2D eigenvalue weighted by atomic mass is 79.9. The molecule has 0 saturated carbocycles. The Balaban J connectivity index is 2.17. The van der Waals surface area contributed by atoms with E-state index in [2.05, 4.69) is 20.5 Å². The molecular weight excluding hydrogens is 373 g/mol. The molecule has 0 aliphatic rings. The molecule has 1 amide bonds. The number of anilines is 1. The lowest BCUT2D eigenvalue weighted by atomic mass is 10.1. The molecule has 120 valence electrons. The average molecular weight is 385 g/mol. The lowest BCUT2D eigenvalue weighted by molar-refractivity contribution is -0.167. The van der Waals surface area contributed by atoms with Crippen molar-refractivity contribution in [1.29, 1.82) is 0 Å². The number of hydrogen-bond acceptors (Lipinski definition) is 1. The molecule has 0 aliphatic heterocycles. The predicted octanol–water partition coefficient (Wildman–Crippen LogP) is 5.08. The van der Waals surface area contributed by atoms with Crippen LogP contribution in [0.2, 0.25) is 0 Å². The lowest BCUT2D eigenvalue weighted by Gasteiger charge is -2.08. The van der Waals surface area contributed by atoms with Gasteiger partial charge in [-0.25, -0.2) is 0 Å². The van der Waals surface area contributed by atoms with E-state index < -0.39 is 12.1 Å². The van der Waals surface area contributed by atoms with E-state index in [1.807, 2.05) is 30.4 Å². The summed E-state index contributed by atoms with van der Waals surface area (Å²) in [4.78, 5) is 11.1. The minimum Gasteiger partial charge on any atom is -0.341 e. The molecular formula is C16H12BrF3N2O. The second-order valence-electron chi connectivity index (χ2n) is 5.09. The van der Waals surface area contributed by atoms with Crippen molar-refractivity contribution < 1.29 is 18.0 Å². The number of benzene rings is 2. The number of hydrogen-bond donors (Lipinski definition) is 1. The summed E-state index contributed by atoms with van der Waals surface area (Å²) < 4.78 is 40.1. The van der Waals surface area contributed by atoms with E-state index in [1.165, 1.54) is 6.07 Å². The van der Waals surface area contributed by atoms with Crippen molar-refractivity contribution in [1.82, 2.24) is 4.57 Å². The maximum Gasteiger partial charge on any atom is 0.471 e. The standard InChI is InChI=1S/C16H12BrF3N2O/c1-2-22-13-5-3-9(17)7-11(13)12-8-10(4-6-14(12)22)21-15(23)16(18,19)20/h3-8H,2H2,1H3,(H,21,23). The summed E-state index contributed by atoms with van der Waals surface area (Å²) in [7, 11) is 0. The molecule has 0 spiro atoms. The van der Waals surface area contributed by atoms with Gasteiger partial charge in [0.15, 0.2) is 0 Å². The van der Waals surface area contributed by atoms with Crippen LogP contribution in [0, 0.1) is 0 Å². The molecule has 1 heterocycles. The molecule has 0 bridgehead atoms. The SMILES string of the molecule is CCn1c2ccc(Br)cc2c2cc(NC(=O)C(F)(F)F)ccc21. The average Bonchev–Trinajstić information content (AvgIpc) is 2.79. The molecule has 2 aromatic carbocycles. The second kappa shape index (κ2) is 5.56. The van der Waals surface area contributed by atoms with Crippen LogP contribution >= 0.6 is 15.9 Å². The van der Waals surface area contributed by atoms with Gasteiger partial charge < -0.3 is 9.88 Å². The molecule has 0 saturated heterocycles. The van der Waals surface area contributed by atoms with Crippen molar-refractivity contribution in [2.75, 3.05) is 5.32 Å². The Labute approximate surface area is 138 Å². The highest BCUT2D eigenvalue weighted by molar-refractivity contribution is 9.10. The highest BCUT2D eigenvalue weighted by Crippen LogP contribution is 2.33. The summed E-state index contributed by atoms with van der Waals surface area (Å²) in [6.07, 6.45) is -4.91. The number of aryl methyl sites for hydroxylation is 1. The summed E-state index contributed by atoms with van der Waals surface area (Å²) in [6, 6.07) is 10.6. The molecule has 0 fully saturated rings. The van der Waals surface area contributed by atoms with Gasteiger partial charge in [-0.2, -0.15) is 13.2 Å². The third-order valence-corrected chi connectivity index (χ3v) is 4.15. The fourth-order valence-electron chi connectivity index (χ4n) is 2.70. The molecule has 0 radical (unpaired) electrons. The van der Waals surface area contributed by atoms with Crippen molar-refractivity contribution in [3.8, 4) is 0 Å². The van der Waals surface area contributed by atoms with Gasteiger partial charge in [-0.1, -0.05) is 15.9 Å². The Kier molecular flexibility index (Phi) is 3.83. The maximum atomic E-state index is 12.4. The summed E-state index contributed by atoms with van der Waals surface area (Å²) in [5.74, 6) is -1.97. The van der Waals surface area contributed by atoms with Crippen molar-refractivity contribution in [2.24, 2.45) is 0 Å². The highest BCUT2D eigenvalue weighted by Gasteiger charge is 2.38. The molecule has 3 aromatic rings. The monoisotopic (exact) mass is 384 g/mol. The summed E-state index contributed by atoms with van der Waals surface area (Å²) in [5.41, 5.74) is 2.02. The normalized spacial score (nSPS) is 12.0. The lowest BCUT2D eigenvalue weighted by Crippen LogP contribution is -2.29. The molecule has 0 atom stereocenters. The molecule has 3 rings (SSSR count). The third kappa shape index (κ3) is 2.81. The van der Waals surface area contributed by atoms with Crippen LogP contribution in [0.1, 0.15) is 6.92 Å². The number of rotatable bonds is 2. The Morgan fingerprint density at radius 1 is 1.13 bits per heavy atom. The number of amides is 1. The van der Waals surface area contributed by atoms with Crippen molar-refractivity contribution >= 4 is 49.3 Å². The number of aromatic nitrogens is 1. The van der Waals surface area contributed by atoms with E-state index in [1.54, 1.807) is 12.1 Å². The van der Waals surface area contributed by atoms with Crippen LogP contribution in [0.15, 0.2) is 40.9 Å². The van der Waals surface area contributed by atoms with Gasteiger partial charge in [0.05, 0.1) is 0 Å². The van der Waals surface area contributed by atoms with E-state index in [9.17, 15) is 18.0 Å². The smallest absolute Gasteiger partial charge is 0.341 e. The van der Waals surface area contributed by atoms with Crippen LogP contribution < -0.4 is 5.32 Å². The first-order chi connectivity index (χ1) is 10.8. The molecule has 0 aliphatic carbocycles. The first-order valence-electron chi connectivity index (χ1n) is 6.91. The van der Waals surface area contributed by atoms with Gasteiger partial charge in [0.2, 0.25) is 0 Å². The van der Waals surface area contributed by atoms with Gasteiger partial charge in [0, 0.05) is 38.5 Å². The number of carbonyl (C=O) groups is 1. The zero-order valence-electron chi connectivity index (χ0n) is 12.0. The maximum absolute atomic E-state index is 12.4. The minimum absolute atomic E-state index is 0.120. The number of alkyl halides is 3. The van der Waals surface area contributed by atoms with E-state index in [0.29, 0.717) is 0 Å². The van der Waals surface area contributed by atoms with E-state index in [-0.39, 0.29) is 5.69 Å². The fourth-order valence-corrected chi connectivity index (χ4v) is 3.06. The predicted molar refractivity (Wildman–Crippen MR) is 87.5 cm³/mol. The van der Waals surface area contributed by atoms with Gasteiger partial charge in [0.1, 0.15) is 0 Å². The van der Waals surface area contributed by atoms with Gasteiger partial charge in [-0.3, -0.25) is 4.79 Å². The fraction of sp³-hybridized carbons (Fsp3) is 0.188. The van der Waals surface area contributed by atoms with Crippen LogP contribution in [0.5, 0.6) is 0 Å². The van der Waals surface area contributed by atoms with Gasteiger partial charge in [0.25, 0.3) is 0 Å². The number of halogens is 4. The quantitative estimate of drug-likeness (QED) is 0.656. The summed E-state index contributed by atoms with van der Waals surface area (Å²) >= 11 is 3.41. The third-order valence-electron chi connectivity index (χ3n) is 3.66. The van der Waals surface area contributed by atoms with Gasteiger partial charge in [-0.15, -0.1) is 0 Å². The van der Waals surface area contributed by atoms with Gasteiger partial charge in [-0.05, 0) is 43.3 Å². The van der Waals surface area contributed by atoms with Crippen LogP contribution in [0.3, 0.4) is 0 Å². The summed E-state index contributed by atoms with van der Waals surface area (Å²) in [5, 5.41) is 3.61. The molecule has 1 aromatic heterocycles. The van der Waals surface area contributed by atoms with E-state index in [0.717, 1.165) is 32.8 Å². The van der Waals surface area contributed by atoms with Crippen LogP contribution in [0.4, 0.5) is 18.9 Å². The van der Waals surface area contributed by atoms with E-state index in [4.69, 9.17) is 0 Å². The molecule has 1 N–H and O–H groups in total. The van der Waals surface area contributed by atoms with Gasteiger partial charge >= 0.3 is 12.1 Å². The first-order valence-corrected chi connectivity index (χ1v) is 7.70. The van der Waals surface area contributed by atoms with Crippen molar-refractivity contribution in [3.63, 3.8) is 0 Å². The topological polar surface area (TPSA) is 34.0 Å². The van der Waals surface area contributed by atoms with Crippen LogP contribution in [0.25, 0.3) is 21.8 Å². The Morgan fingerprint density at radius 3 is 2.35 bits per heavy atom. The largest absolute Gasteiger partial charge is 0.471 e. The molecule has 0 unspecified atom stereocenters. The minimum atomic E-state index is -4.91. The zero-order valence-corrected chi connectivity index (χ0v) is 13.6. The Morgan fingerprint density at radius 2 is 1.74 bits per heavy atom. The number of fused-ring (bicyclic) bond motifs is 3. The Bertz CT molecular complexity index is 915. The molecule has 7 heteroatoms. The molecule has 3 nitrogen and oxygen atoms in total. The van der Waals surface area contributed by atoms with Crippen LogP contribution in [-0.4, -0.2) is 16.7 Å². The number of carbonyl (C=O) groups excluding carboxylic acids is 1. The zero-order chi connectivity index (χ0) is 16.8. The first kappa shape index (κ1) is 15.9. The summed E-state index contributed by atoms with van der Waals surface area (Å²) in [6.45, 7) is 2.73. The van der Waals surface area contributed by atoms with E-state index >= 15 is 0 Å².